The summed E-state index contributed by atoms with van der Waals surface area (Å²) >= 11 is 0. The van der Waals surface area contributed by atoms with Crippen LogP contribution >= 0.6 is 0 Å². The normalized spacial score (nSPS) is 19.2. The summed E-state index contributed by atoms with van der Waals surface area (Å²) in [6, 6.07) is -0.313. The van der Waals surface area contributed by atoms with Crippen LogP contribution in [-0.4, -0.2) is 56.7 Å². The van der Waals surface area contributed by atoms with Crippen LogP contribution in [0, 0.1) is 0 Å². The van der Waals surface area contributed by atoms with Crippen LogP contribution in [0.3, 0.4) is 0 Å². The van der Waals surface area contributed by atoms with Gasteiger partial charge >= 0.3 is 0 Å². The van der Waals surface area contributed by atoms with Crippen LogP contribution in [0.2, 0.25) is 0 Å². The lowest BCUT2D eigenvalue weighted by Crippen LogP contribution is -2.46. The first-order valence-corrected chi connectivity index (χ1v) is 9.29. The van der Waals surface area contributed by atoms with E-state index in [0.29, 0.717) is 25.9 Å². The number of nitrogens with two attached hydrogens (primary N) is 1. The minimum Gasteiger partial charge on any atom is -0.383 e. The Morgan fingerprint density at radius 1 is 1.35 bits per heavy atom. The molecular weight excluding hydrogens is 306 g/mol. The molecule has 0 radical (unpaired) electrons. The van der Waals surface area contributed by atoms with E-state index in [1.165, 1.54) is 4.31 Å². The van der Waals surface area contributed by atoms with E-state index >= 15 is 0 Å². The van der Waals surface area contributed by atoms with Crippen molar-refractivity contribution in [2.75, 3.05) is 25.1 Å². The van der Waals surface area contributed by atoms with Crippen LogP contribution in [0.5, 0.6) is 0 Å². The van der Waals surface area contributed by atoms with Gasteiger partial charge in [-0.25, -0.2) is 25.9 Å². The molecular formula is C9H17N5O4S2. The largest absolute Gasteiger partial charge is 0.383 e. The van der Waals surface area contributed by atoms with Gasteiger partial charge in [0.05, 0.1) is 12.5 Å². The third-order valence-electron chi connectivity index (χ3n) is 3.17. The third kappa shape index (κ3) is 3.29. The van der Waals surface area contributed by atoms with Gasteiger partial charge in [0.2, 0.25) is 20.0 Å². The summed E-state index contributed by atoms with van der Waals surface area (Å²) in [6.07, 6.45) is 3.13. The first kappa shape index (κ1) is 15.2. The third-order valence-corrected chi connectivity index (χ3v) is 6.02. The van der Waals surface area contributed by atoms with Gasteiger partial charge in [-0.05, 0) is 12.8 Å². The summed E-state index contributed by atoms with van der Waals surface area (Å²) in [5.74, 6) is -0.0222. The van der Waals surface area contributed by atoms with Gasteiger partial charge in [-0.1, -0.05) is 0 Å². The fraction of sp³-hybridized carbons (Fsp3) is 0.667. The molecule has 1 aliphatic heterocycles. The van der Waals surface area contributed by atoms with Gasteiger partial charge in [-0.3, -0.25) is 5.10 Å². The molecule has 0 atom stereocenters. The van der Waals surface area contributed by atoms with Crippen molar-refractivity contribution in [3.05, 3.63) is 6.20 Å². The highest BCUT2D eigenvalue weighted by Crippen LogP contribution is 2.18. The van der Waals surface area contributed by atoms with Gasteiger partial charge in [-0.2, -0.15) is 5.10 Å². The van der Waals surface area contributed by atoms with Crippen molar-refractivity contribution in [2.24, 2.45) is 0 Å². The highest BCUT2D eigenvalue weighted by atomic mass is 32.2. The highest BCUT2D eigenvalue weighted by molar-refractivity contribution is 7.89. The Morgan fingerprint density at radius 3 is 2.40 bits per heavy atom. The van der Waals surface area contributed by atoms with Gasteiger partial charge in [0.25, 0.3) is 0 Å². The molecule has 4 N–H and O–H groups in total. The highest BCUT2D eigenvalue weighted by Gasteiger charge is 2.29. The Kier molecular flexibility index (Phi) is 4.04. The SMILES string of the molecule is CS(=O)(=O)N1CCC(NS(=O)(=O)c2cn[nH]c2N)CC1. The summed E-state index contributed by atoms with van der Waals surface area (Å²) in [4.78, 5) is -0.0944. The van der Waals surface area contributed by atoms with Crippen LogP contribution in [0.25, 0.3) is 0 Å². The van der Waals surface area contributed by atoms with E-state index in [9.17, 15) is 16.8 Å². The van der Waals surface area contributed by atoms with E-state index in [0.717, 1.165) is 12.5 Å². The molecule has 2 heterocycles. The fourth-order valence-electron chi connectivity index (χ4n) is 2.09. The number of H-pyrrole nitrogens is 1. The number of sulfonamides is 2. The van der Waals surface area contributed by atoms with Crippen LogP contribution in [0.1, 0.15) is 12.8 Å². The summed E-state index contributed by atoms with van der Waals surface area (Å²) in [5, 5.41) is 5.93. The Morgan fingerprint density at radius 2 is 1.95 bits per heavy atom. The number of aromatic amines is 1. The first-order valence-electron chi connectivity index (χ1n) is 5.96. The smallest absolute Gasteiger partial charge is 0.246 e. The second kappa shape index (κ2) is 5.31. The Bertz CT molecular complexity index is 673. The predicted octanol–water partition coefficient (Wildman–Crippen LogP) is -1.31. The monoisotopic (exact) mass is 323 g/mol. The first-order chi connectivity index (χ1) is 9.20. The van der Waals surface area contributed by atoms with E-state index in [4.69, 9.17) is 5.73 Å². The molecule has 2 rings (SSSR count). The number of piperidine rings is 1. The molecule has 0 amide bonds. The Labute approximate surface area is 117 Å². The lowest BCUT2D eigenvalue weighted by molar-refractivity contribution is 0.310. The molecule has 114 valence electrons. The molecule has 11 heteroatoms. The van der Waals surface area contributed by atoms with E-state index in [2.05, 4.69) is 14.9 Å². The number of aromatic nitrogens is 2. The number of nitrogen functional groups attached to an aromatic ring is 1. The standard InChI is InChI=1S/C9H17N5O4S2/c1-19(15,16)14-4-2-7(3-5-14)13-20(17,18)8-6-11-12-9(8)10/h6-7,13H,2-5H2,1H3,(H3,10,11,12). The van der Waals surface area contributed by atoms with Crippen molar-refractivity contribution in [2.45, 2.75) is 23.8 Å². The maximum Gasteiger partial charge on any atom is 0.246 e. The number of nitrogens with one attached hydrogen (secondary N) is 2. The fourth-order valence-corrected chi connectivity index (χ4v) is 4.29. The predicted molar refractivity (Wildman–Crippen MR) is 72.8 cm³/mol. The lowest BCUT2D eigenvalue weighted by atomic mass is 10.1. The quantitative estimate of drug-likeness (QED) is 0.629. The van der Waals surface area contributed by atoms with Crippen LogP contribution in [-0.2, 0) is 20.0 Å². The topological polar surface area (TPSA) is 138 Å². The number of hydrogen-bond acceptors (Lipinski definition) is 6. The van der Waals surface area contributed by atoms with Crippen molar-refractivity contribution < 1.29 is 16.8 Å². The van der Waals surface area contributed by atoms with Crippen molar-refractivity contribution in [1.82, 2.24) is 19.2 Å². The van der Waals surface area contributed by atoms with Crippen molar-refractivity contribution in [3.8, 4) is 0 Å². The van der Waals surface area contributed by atoms with Crippen molar-refractivity contribution >= 4 is 25.9 Å². The van der Waals surface area contributed by atoms with E-state index < -0.39 is 20.0 Å². The maximum absolute atomic E-state index is 12.1. The van der Waals surface area contributed by atoms with Crippen molar-refractivity contribution in [1.29, 1.82) is 0 Å². The molecule has 0 aliphatic carbocycles. The Balaban J connectivity index is 2.01. The summed E-state index contributed by atoms with van der Waals surface area (Å²) in [5.41, 5.74) is 5.49. The zero-order valence-electron chi connectivity index (χ0n) is 10.9. The van der Waals surface area contributed by atoms with Gasteiger partial charge in [-0.15, -0.1) is 0 Å². The van der Waals surface area contributed by atoms with E-state index in [1.807, 2.05) is 0 Å². The number of hydrogen-bond donors (Lipinski definition) is 3. The molecule has 0 bridgehead atoms. The zero-order chi connectivity index (χ0) is 15.0. The molecule has 1 aliphatic rings. The molecule has 0 saturated carbocycles. The summed E-state index contributed by atoms with van der Waals surface area (Å²) < 4.78 is 50.7. The van der Waals surface area contributed by atoms with Crippen LogP contribution < -0.4 is 10.5 Å². The van der Waals surface area contributed by atoms with E-state index in [1.54, 1.807) is 0 Å². The average molecular weight is 323 g/mol. The molecule has 20 heavy (non-hydrogen) atoms. The molecule has 1 saturated heterocycles. The molecule has 1 aromatic heterocycles. The van der Waals surface area contributed by atoms with Crippen LogP contribution in [0.4, 0.5) is 5.82 Å². The molecule has 0 unspecified atom stereocenters. The van der Waals surface area contributed by atoms with E-state index in [-0.39, 0.29) is 16.8 Å². The summed E-state index contributed by atoms with van der Waals surface area (Å²) in [7, 11) is -6.96. The van der Waals surface area contributed by atoms with Gasteiger partial charge < -0.3 is 5.73 Å². The number of nitrogens with zero attached hydrogens (tertiary/aromatic N) is 2. The minimum absolute atomic E-state index is 0.0222. The minimum atomic E-state index is -3.74. The molecule has 0 spiro atoms. The molecule has 1 fully saturated rings. The average Bonchev–Trinajstić information content (AvgIpc) is 2.75. The van der Waals surface area contributed by atoms with Gasteiger partial charge in [0.1, 0.15) is 10.7 Å². The molecule has 9 nitrogen and oxygen atoms in total. The number of rotatable bonds is 4. The summed E-state index contributed by atoms with van der Waals surface area (Å²) in [6.45, 7) is 0.597. The lowest BCUT2D eigenvalue weighted by Gasteiger charge is -2.30. The second-order valence-corrected chi connectivity index (χ2v) is 8.37. The van der Waals surface area contributed by atoms with Gasteiger partial charge in [0.15, 0.2) is 0 Å². The Hall–Kier alpha value is -1.17. The number of anilines is 1. The maximum atomic E-state index is 12.1. The second-order valence-electron chi connectivity index (χ2n) is 4.71. The van der Waals surface area contributed by atoms with Gasteiger partial charge in [0, 0.05) is 19.1 Å². The molecule has 1 aromatic rings. The van der Waals surface area contributed by atoms with Crippen molar-refractivity contribution in [3.63, 3.8) is 0 Å². The molecule has 0 aromatic carbocycles. The van der Waals surface area contributed by atoms with Crippen LogP contribution in [0.15, 0.2) is 11.1 Å². The zero-order valence-corrected chi connectivity index (χ0v) is 12.5.